The summed E-state index contributed by atoms with van der Waals surface area (Å²) in [5, 5.41) is 0. The summed E-state index contributed by atoms with van der Waals surface area (Å²) in [6, 6.07) is 84.3. The van der Waals surface area contributed by atoms with Crippen LogP contribution in [-0.4, -0.2) is 0 Å². The van der Waals surface area contributed by atoms with Crippen LogP contribution in [0.3, 0.4) is 0 Å². The van der Waals surface area contributed by atoms with Gasteiger partial charge in [-0.3, -0.25) is 0 Å². The molecule has 1 heteroatoms. The van der Waals surface area contributed by atoms with Gasteiger partial charge in [-0.1, -0.05) is 200 Å². The normalized spacial score (nSPS) is 12.4. The van der Waals surface area contributed by atoms with Gasteiger partial charge in [-0.15, -0.1) is 0 Å². The maximum atomic E-state index is 2.49. The first kappa shape index (κ1) is 34.3. The number of rotatable bonds is 8. The fraction of sp³-hybridized carbons (Fsp3) is 0.0357. The molecule has 57 heavy (non-hydrogen) atoms. The summed E-state index contributed by atoms with van der Waals surface area (Å²) in [6.45, 7) is 2.23. The average molecular weight is 728 g/mol. The average Bonchev–Trinajstić information content (AvgIpc) is 3.59. The van der Waals surface area contributed by atoms with E-state index in [9.17, 15) is 0 Å². The van der Waals surface area contributed by atoms with Crippen LogP contribution < -0.4 is 4.90 Å². The largest absolute Gasteiger partial charge is 0.310 e. The van der Waals surface area contributed by atoms with E-state index in [2.05, 4.69) is 242 Å². The molecule has 1 aliphatic carbocycles. The second-order valence-electron chi connectivity index (χ2n) is 14.9. The van der Waals surface area contributed by atoms with Crippen LogP contribution in [0.1, 0.15) is 27.8 Å². The van der Waals surface area contributed by atoms with Gasteiger partial charge in [0.15, 0.2) is 0 Å². The van der Waals surface area contributed by atoms with E-state index in [4.69, 9.17) is 0 Å². The summed E-state index contributed by atoms with van der Waals surface area (Å²) in [6.07, 6.45) is 0. The van der Waals surface area contributed by atoms with Crippen molar-refractivity contribution in [3.05, 3.63) is 258 Å². The second-order valence-corrected chi connectivity index (χ2v) is 14.9. The van der Waals surface area contributed by atoms with Crippen molar-refractivity contribution >= 4 is 17.1 Å². The van der Waals surface area contributed by atoms with E-state index >= 15 is 0 Å². The highest BCUT2D eigenvalue weighted by Crippen LogP contribution is 2.57. The van der Waals surface area contributed by atoms with Gasteiger partial charge in [-0.25, -0.2) is 0 Å². The molecule has 0 heterocycles. The Bertz CT molecular complexity index is 2790. The maximum absolute atomic E-state index is 2.49. The van der Waals surface area contributed by atoms with Gasteiger partial charge in [-0.2, -0.15) is 0 Å². The molecule has 9 aromatic carbocycles. The van der Waals surface area contributed by atoms with Gasteiger partial charge in [0, 0.05) is 16.9 Å². The number of nitrogens with zero attached hydrogens (tertiary/aromatic N) is 1. The molecule has 1 nitrogen and oxygen atoms in total. The summed E-state index contributed by atoms with van der Waals surface area (Å²) in [7, 11) is 0. The van der Waals surface area contributed by atoms with Crippen LogP contribution in [0.4, 0.5) is 17.1 Å². The van der Waals surface area contributed by atoms with E-state index in [-0.39, 0.29) is 0 Å². The van der Waals surface area contributed by atoms with Crippen molar-refractivity contribution in [3.8, 4) is 44.5 Å². The zero-order valence-corrected chi connectivity index (χ0v) is 31.9. The number of aryl methyl sites for hydroxylation is 1. The van der Waals surface area contributed by atoms with E-state index < -0.39 is 5.41 Å². The van der Waals surface area contributed by atoms with Crippen molar-refractivity contribution in [1.82, 2.24) is 0 Å². The molecular weight excluding hydrogens is 687 g/mol. The minimum atomic E-state index is -0.465. The van der Waals surface area contributed by atoms with Crippen LogP contribution in [0.2, 0.25) is 0 Å². The Morgan fingerprint density at radius 2 is 0.807 bits per heavy atom. The lowest BCUT2D eigenvalue weighted by Gasteiger charge is -2.34. The topological polar surface area (TPSA) is 3.24 Å². The molecule has 0 fully saturated rings. The fourth-order valence-corrected chi connectivity index (χ4v) is 9.03. The van der Waals surface area contributed by atoms with E-state index in [0.29, 0.717) is 0 Å². The van der Waals surface area contributed by atoms with Crippen LogP contribution in [0.25, 0.3) is 44.5 Å². The molecule has 0 radical (unpaired) electrons. The van der Waals surface area contributed by atoms with Gasteiger partial charge in [0.2, 0.25) is 0 Å². The molecule has 270 valence electrons. The Kier molecular flexibility index (Phi) is 8.69. The third kappa shape index (κ3) is 5.88. The fourth-order valence-electron chi connectivity index (χ4n) is 9.03. The SMILES string of the molecule is Cc1ccc(-c2ccccc2)cc1N(c1ccc2c(c1)-c1ccccc1C2(c1ccccc1)c1ccccc1)c1ccc(-c2ccccc2)cc1-c1ccccc1. The molecule has 0 N–H and O–H groups in total. The number of fused-ring (bicyclic) bond motifs is 3. The van der Waals surface area contributed by atoms with Crippen LogP contribution in [0.15, 0.2) is 231 Å². The highest BCUT2D eigenvalue weighted by molar-refractivity contribution is 5.95. The summed E-state index contributed by atoms with van der Waals surface area (Å²) in [5.41, 5.74) is 18.9. The van der Waals surface area contributed by atoms with Crippen LogP contribution >= 0.6 is 0 Å². The lowest BCUT2D eigenvalue weighted by molar-refractivity contribution is 0.768. The first-order chi connectivity index (χ1) is 28.2. The first-order valence-corrected chi connectivity index (χ1v) is 19.8. The number of anilines is 3. The van der Waals surface area contributed by atoms with Crippen molar-refractivity contribution in [2.24, 2.45) is 0 Å². The molecular formula is C56H41N. The number of hydrogen-bond acceptors (Lipinski definition) is 1. The van der Waals surface area contributed by atoms with Crippen molar-refractivity contribution in [2.75, 3.05) is 4.90 Å². The monoisotopic (exact) mass is 727 g/mol. The van der Waals surface area contributed by atoms with Crippen molar-refractivity contribution in [3.63, 3.8) is 0 Å². The maximum Gasteiger partial charge on any atom is 0.0713 e. The van der Waals surface area contributed by atoms with Crippen molar-refractivity contribution in [2.45, 2.75) is 12.3 Å². The van der Waals surface area contributed by atoms with Gasteiger partial charge in [0.25, 0.3) is 0 Å². The summed E-state index contributed by atoms with van der Waals surface area (Å²) < 4.78 is 0. The molecule has 0 aromatic heterocycles. The van der Waals surface area contributed by atoms with E-state index in [0.717, 1.165) is 17.1 Å². The van der Waals surface area contributed by atoms with E-state index in [1.165, 1.54) is 72.3 Å². The molecule has 0 aliphatic heterocycles. The van der Waals surface area contributed by atoms with Gasteiger partial charge in [-0.05, 0) is 104 Å². The molecule has 10 rings (SSSR count). The Morgan fingerprint density at radius 3 is 1.42 bits per heavy atom. The molecule has 0 amide bonds. The molecule has 0 bridgehead atoms. The third-order valence-corrected chi connectivity index (χ3v) is 11.7. The molecule has 9 aromatic rings. The minimum Gasteiger partial charge on any atom is -0.310 e. The highest BCUT2D eigenvalue weighted by atomic mass is 15.1. The number of benzene rings is 9. The van der Waals surface area contributed by atoms with Crippen LogP contribution in [0, 0.1) is 6.92 Å². The van der Waals surface area contributed by atoms with E-state index in [1.807, 2.05) is 0 Å². The van der Waals surface area contributed by atoms with Gasteiger partial charge in [0.05, 0.1) is 11.1 Å². The van der Waals surface area contributed by atoms with Crippen LogP contribution in [0.5, 0.6) is 0 Å². The Morgan fingerprint density at radius 1 is 0.316 bits per heavy atom. The molecule has 1 aliphatic rings. The Hall–Kier alpha value is -7.22. The first-order valence-electron chi connectivity index (χ1n) is 19.8. The minimum absolute atomic E-state index is 0.465. The highest BCUT2D eigenvalue weighted by Gasteiger charge is 2.46. The number of hydrogen-bond donors (Lipinski definition) is 0. The van der Waals surface area contributed by atoms with Gasteiger partial charge >= 0.3 is 0 Å². The molecule has 0 saturated heterocycles. The predicted molar refractivity (Wildman–Crippen MR) is 239 cm³/mol. The van der Waals surface area contributed by atoms with Gasteiger partial charge in [0.1, 0.15) is 0 Å². The van der Waals surface area contributed by atoms with E-state index in [1.54, 1.807) is 0 Å². The van der Waals surface area contributed by atoms with Crippen molar-refractivity contribution in [1.29, 1.82) is 0 Å². The third-order valence-electron chi connectivity index (χ3n) is 11.7. The Labute approximate surface area is 335 Å². The molecule has 0 unspecified atom stereocenters. The Balaban J connectivity index is 1.26. The summed E-state index contributed by atoms with van der Waals surface area (Å²) in [5.74, 6) is 0. The van der Waals surface area contributed by atoms with Crippen LogP contribution in [-0.2, 0) is 5.41 Å². The lowest BCUT2D eigenvalue weighted by atomic mass is 9.68. The lowest BCUT2D eigenvalue weighted by Crippen LogP contribution is -2.28. The van der Waals surface area contributed by atoms with Gasteiger partial charge < -0.3 is 4.90 Å². The van der Waals surface area contributed by atoms with Crippen molar-refractivity contribution < 1.29 is 0 Å². The predicted octanol–water partition coefficient (Wildman–Crippen LogP) is 14.8. The molecule has 0 spiro atoms. The smallest absolute Gasteiger partial charge is 0.0713 e. The summed E-state index contributed by atoms with van der Waals surface area (Å²) >= 11 is 0. The standard InChI is InChI=1S/C56H41N/c1-40-31-32-45(42-21-9-3-10-22-42)38-55(40)57(54-36-33-44(41-19-7-2-8-20-41)37-50(54)43-23-11-4-12-24-43)48-34-35-53-51(39-48)49-29-17-18-30-52(49)56(53,46-25-13-5-14-26-46)47-27-15-6-16-28-47/h2-39H,1H3. The quantitative estimate of drug-likeness (QED) is 0.151. The zero-order valence-electron chi connectivity index (χ0n) is 31.9. The summed E-state index contributed by atoms with van der Waals surface area (Å²) in [4.78, 5) is 2.49. The molecule has 0 atom stereocenters. The zero-order chi connectivity index (χ0) is 38.2. The second kappa shape index (κ2) is 14.5. The molecule has 0 saturated carbocycles.